The van der Waals surface area contributed by atoms with Crippen LogP contribution in [0.15, 0.2) is 67.5 Å². The predicted octanol–water partition coefficient (Wildman–Crippen LogP) is 4.84. The molecule has 0 aliphatic rings. The fourth-order valence-corrected chi connectivity index (χ4v) is 2.71. The molecule has 0 fully saturated rings. The summed E-state index contributed by atoms with van der Waals surface area (Å²) >= 11 is 0. The number of benzene rings is 2. The quantitative estimate of drug-likeness (QED) is 0.732. The molecule has 0 spiro atoms. The van der Waals surface area contributed by atoms with Gasteiger partial charge in [0.05, 0.1) is 5.69 Å². The average molecular weight is 316 g/mol. The topological polar surface area (TPSA) is 42.0 Å². The highest BCUT2D eigenvalue weighted by atomic mass is 16.1. The minimum Gasteiger partial charge on any atom is -0.325 e. The summed E-state index contributed by atoms with van der Waals surface area (Å²) in [6.45, 7) is 5.83. The number of anilines is 1. The number of fused-ring (bicyclic) bond motifs is 1. The third-order valence-electron chi connectivity index (χ3n) is 4.01. The summed E-state index contributed by atoms with van der Waals surface area (Å²) in [4.78, 5) is 16.3. The molecule has 120 valence electrons. The van der Waals surface area contributed by atoms with Gasteiger partial charge in [-0.2, -0.15) is 0 Å². The van der Waals surface area contributed by atoms with Crippen LogP contribution in [-0.4, -0.2) is 10.9 Å². The van der Waals surface area contributed by atoms with E-state index in [0.29, 0.717) is 12.8 Å². The van der Waals surface area contributed by atoms with Gasteiger partial charge in [-0.15, -0.1) is 0 Å². The van der Waals surface area contributed by atoms with Crippen molar-refractivity contribution in [3.8, 4) is 0 Å². The van der Waals surface area contributed by atoms with E-state index < -0.39 is 0 Å². The van der Waals surface area contributed by atoms with Gasteiger partial charge in [0, 0.05) is 24.4 Å². The number of aryl methyl sites for hydroxylation is 1. The second kappa shape index (κ2) is 7.09. The van der Waals surface area contributed by atoms with Crippen molar-refractivity contribution in [1.29, 1.82) is 0 Å². The lowest BCUT2D eigenvalue weighted by molar-refractivity contribution is -0.116. The van der Waals surface area contributed by atoms with Crippen LogP contribution in [0.5, 0.6) is 0 Å². The number of aromatic nitrogens is 1. The summed E-state index contributed by atoms with van der Waals surface area (Å²) < 4.78 is 0. The smallest absolute Gasteiger partial charge is 0.224 e. The molecular weight excluding hydrogens is 296 g/mol. The molecule has 0 radical (unpaired) electrons. The Morgan fingerprint density at radius 3 is 2.71 bits per heavy atom. The lowest BCUT2D eigenvalue weighted by atomic mass is 10.0. The van der Waals surface area contributed by atoms with E-state index in [9.17, 15) is 4.79 Å². The van der Waals surface area contributed by atoms with Crippen molar-refractivity contribution in [2.45, 2.75) is 19.8 Å². The van der Waals surface area contributed by atoms with Crippen molar-refractivity contribution in [1.82, 2.24) is 4.98 Å². The maximum atomic E-state index is 12.3. The Kier molecular flexibility index (Phi) is 4.71. The van der Waals surface area contributed by atoms with Gasteiger partial charge in [-0.05, 0) is 41.3 Å². The molecule has 24 heavy (non-hydrogen) atoms. The number of nitrogens with one attached hydrogen (secondary N) is 1. The second-order valence-electron chi connectivity index (χ2n) is 5.93. The largest absolute Gasteiger partial charge is 0.325 e. The first-order chi connectivity index (χ1) is 11.6. The third-order valence-corrected chi connectivity index (χ3v) is 4.01. The van der Waals surface area contributed by atoms with Gasteiger partial charge in [0.15, 0.2) is 0 Å². The third kappa shape index (κ3) is 3.69. The number of hydrogen-bond donors (Lipinski definition) is 1. The van der Waals surface area contributed by atoms with Crippen LogP contribution in [0.1, 0.15) is 24.5 Å². The minimum atomic E-state index is -0.00291. The van der Waals surface area contributed by atoms with Crippen molar-refractivity contribution in [2.75, 3.05) is 5.32 Å². The standard InChI is InChI=1S/C21H20N2O/c1-15(2)19-14-22-12-11-20(19)23-21(24)10-8-16-7-9-17-5-3-4-6-18(17)13-16/h3-7,9,11-14H,1,8,10H2,2H3,(H,22,23,24). The van der Waals surface area contributed by atoms with Crippen LogP contribution in [0.2, 0.25) is 0 Å². The molecule has 3 nitrogen and oxygen atoms in total. The number of allylic oxidation sites excluding steroid dienone is 1. The van der Waals surface area contributed by atoms with Crippen LogP contribution in [0.3, 0.4) is 0 Å². The Morgan fingerprint density at radius 1 is 1.12 bits per heavy atom. The molecule has 0 unspecified atom stereocenters. The number of amides is 1. The molecule has 0 saturated heterocycles. The molecule has 1 amide bonds. The zero-order valence-electron chi connectivity index (χ0n) is 13.8. The number of hydrogen-bond acceptors (Lipinski definition) is 2. The maximum absolute atomic E-state index is 12.3. The van der Waals surface area contributed by atoms with Crippen molar-refractivity contribution >= 4 is 27.9 Å². The van der Waals surface area contributed by atoms with Crippen molar-refractivity contribution in [2.24, 2.45) is 0 Å². The van der Waals surface area contributed by atoms with Gasteiger partial charge in [-0.1, -0.05) is 49.0 Å². The zero-order valence-corrected chi connectivity index (χ0v) is 13.8. The Balaban J connectivity index is 1.66. The second-order valence-corrected chi connectivity index (χ2v) is 5.93. The van der Waals surface area contributed by atoms with Crippen LogP contribution in [0.4, 0.5) is 5.69 Å². The van der Waals surface area contributed by atoms with E-state index in [4.69, 9.17) is 0 Å². The Bertz CT molecular complexity index is 899. The molecular formula is C21H20N2O. The lowest BCUT2D eigenvalue weighted by Crippen LogP contribution is -2.13. The highest BCUT2D eigenvalue weighted by Gasteiger charge is 2.08. The highest BCUT2D eigenvalue weighted by Crippen LogP contribution is 2.21. The normalized spacial score (nSPS) is 10.5. The molecule has 0 bridgehead atoms. The van der Waals surface area contributed by atoms with Gasteiger partial charge in [0.1, 0.15) is 0 Å². The molecule has 1 aromatic heterocycles. The molecule has 0 atom stereocenters. The summed E-state index contributed by atoms with van der Waals surface area (Å²) in [6, 6.07) is 16.4. The van der Waals surface area contributed by atoms with E-state index >= 15 is 0 Å². The van der Waals surface area contributed by atoms with E-state index in [-0.39, 0.29) is 5.91 Å². The molecule has 3 rings (SSSR count). The summed E-state index contributed by atoms with van der Waals surface area (Å²) in [5.74, 6) is -0.00291. The van der Waals surface area contributed by atoms with Gasteiger partial charge in [-0.3, -0.25) is 9.78 Å². The molecule has 0 aliphatic heterocycles. The van der Waals surface area contributed by atoms with Crippen LogP contribution in [0.25, 0.3) is 16.3 Å². The number of carbonyl (C=O) groups excluding carboxylic acids is 1. The monoisotopic (exact) mass is 316 g/mol. The summed E-state index contributed by atoms with van der Waals surface area (Å²) in [5.41, 5.74) is 3.68. The van der Waals surface area contributed by atoms with Crippen molar-refractivity contribution < 1.29 is 4.79 Å². The number of pyridine rings is 1. The van der Waals surface area contributed by atoms with Gasteiger partial charge in [0.25, 0.3) is 0 Å². The van der Waals surface area contributed by atoms with E-state index in [1.54, 1.807) is 18.5 Å². The van der Waals surface area contributed by atoms with Crippen molar-refractivity contribution in [3.05, 3.63) is 78.6 Å². The van der Waals surface area contributed by atoms with Gasteiger partial charge < -0.3 is 5.32 Å². The average Bonchev–Trinajstić information content (AvgIpc) is 2.60. The van der Waals surface area contributed by atoms with E-state index in [0.717, 1.165) is 16.8 Å². The first kappa shape index (κ1) is 15.9. The van der Waals surface area contributed by atoms with Gasteiger partial charge >= 0.3 is 0 Å². The Labute approximate surface area is 142 Å². The molecule has 1 N–H and O–H groups in total. The fourth-order valence-electron chi connectivity index (χ4n) is 2.71. The molecule has 3 aromatic rings. The molecule has 1 heterocycles. The Morgan fingerprint density at radius 2 is 1.92 bits per heavy atom. The number of rotatable bonds is 5. The first-order valence-electron chi connectivity index (χ1n) is 8.01. The van der Waals surface area contributed by atoms with E-state index in [2.05, 4.69) is 47.2 Å². The minimum absolute atomic E-state index is 0.00291. The summed E-state index contributed by atoms with van der Waals surface area (Å²) in [7, 11) is 0. The summed E-state index contributed by atoms with van der Waals surface area (Å²) in [5, 5.41) is 5.38. The zero-order chi connectivity index (χ0) is 16.9. The molecule has 3 heteroatoms. The highest BCUT2D eigenvalue weighted by molar-refractivity contribution is 5.94. The van der Waals surface area contributed by atoms with Gasteiger partial charge in [0.2, 0.25) is 5.91 Å². The van der Waals surface area contributed by atoms with E-state index in [1.807, 2.05) is 19.1 Å². The van der Waals surface area contributed by atoms with Crippen molar-refractivity contribution in [3.63, 3.8) is 0 Å². The van der Waals surface area contributed by atoms with Crippen LogP contribution in [0, 0.1) is 0 Å². The molecule has 2 aromatic carbocycles. The maximum Gasteiger partial charge on any atom is 0.224 e. The fraction of sp³-hybridized carbons (Fsp3) is 0.143. The predicted molar refractivity (Wildman–Crippen MR) is 99.8 cm³/mol. The van der Waals surface area contributed by atoms with E-state index in [1.165, 1.54) is 16.3 Å². The summed E-state index contributed by atoms with van der Waals surface area (Å²) in [6.07, 6.45) is 4.55. The van der Waals surface area contributed by atoms with Crippen LogP contribution in [-0.2, 0) is 11.2 Å². The molecule has 0 aliphatic carbocycles. The van der Waals surface area contributed by atoms with Crippen LogP contribution >= 0.6 is 0 Å². The van der Waals surface area contributed by atoms with Gasteiger partial charge in [-0.25, -0.2) is 0 Å². The molecule has 0 saturated carbocycles. The lowest BCUT2D eigenvalue weighted by Gasteiger charge is -2.10. The number of carbonyl (C=O) groups is 1. The number of nitrogens with zero attached hydrogens (tertiary/aromatic N) is 1. The van der Waals surface area contributed by atoms with Crippen LogP contribution < -0.4 is 5.32 Å². The SMILES string of the molecule is C=C(C)c1cnccc1NC(=O)CCc1ccc2ccccc2c1. The Hall–Kier alpha value is -2.94. The first-order valence-corrected chi connectivity index (χ1v) is 8.01.